The highest BCUT2D eigenvalue weighted by Crippen LogP contribution is 2.34. The molecule has 0 saturated heterocycles. The first kappa shape index (κ1) is 11.5. The molecule has 1 aromatic carbocycles. The Kier molecular flexibility index (Phi) is 3.20. The summed E-state index contributed by atoms with van der Waals surface area (Å²) in [6, 6.07) is 7.48. The van der Waals surface area contributed by atoms with Gasteiger partial charge in [-0.1, -0.05) is 31.9 Å². The Morgan fingerprint density at radius 3 is 2.94 bits per heavy atom. The Bertz CT molecular complexity index is 364. The first-order chi connectivity index (χ1) is 7.60. The molecule has 0 aromatic heterocycles. The van der Waals surface area contributed by atoms with E-state index in [1.54, 1.807) is 6.07 Å². The van der Waals surface area contributed by atoms with Gasteiger partial charge in [-0.15, -0.1) is 0 Å². The van der Waals surface area contributed by atoms with Crippen molar-refractivity contribution in [2.24, 2.45) is 11.7 Å². The van der Waals surface area contributed by atoms with Gasteiger partial charge in [0.1, 0.15) is 5.75 Å². The van der Waals surface area contributed by atoms with Crippen LogP contribution in [0.1, 0.15) is 38.2 Å². The van der Waals surface area contributed by atoms with Crippen LogP contribution in [0.5, 0.6) is 5.75 Å². The molecule has 1 aliphatic rings. The summed E-state index contributed by atoms with van der Waals surface area (Å²) in [4.78, 5) is 0. The molecule has 2 atom stereocenters. The summed E-state index contributed by atoms with van der Waals surface area (Å²) in [5.41, 5.74) is 7.58. The van der Waals surface area contributed by atoms with Crippen LogP contribution in [0.4, 0.5) is 0 Å². The molecule has 1 fully saturated rings. The lowest BCUT2D eigenvalue weighted by Crippen LogP contribution is -2.49. The van der Waals surface area contributed by atoms with E-state index >= 15 is 0 Å². The van der Waals surface area contributed by atoms with Crippen LogP contribution in [0.2, 0.25) is 0 Å². The average Bonchev–Trinajstić information content (AvgIpc) is 2.23. The Balaban J connectivity index is 2.13. The first-order valence-corrected chi connectivity index (χ1v) is 6.17. The number of rotatable bonds is 2. The van der Waals surface area contributed by atoms with Crippen LogP contribution in [0, 0.1) is 5.92 Å². The summed E-state index contributed by atoms with van der Waals surface area (Å²) in [6.07, 6.45) is 5.75. The minimum absolute atomic E-state index is 0.0773. The summed E-state index contributed by atoms with van der Waals surface area (Å²) in [7, 11) is 0. The number of nitrogens with two attached hydrogens (primary N) is 1. The van der Waals surface area contributed by atoms with Crippen molar-refractivity contribution in [1.29, 1.82) is 0 Å². The topological polar surface area (TPSA) is 46.2 Å². The molecule has 0 amide bonds. The minimum Gasteiger partial charge on any atom is -0.508 e. The highest BCUT2D eigenvalue weighted by Gasteiger charge is 2.34. The molecular weight excluding hydrogens is 198 g/mol. The summed E-state index contributed by atoms with van der Waals surface area (Å²) in [5.74, 6) is 0.910. The summed E-state index contributed by atoms with van der Waals surface area (Å²) in [6.45, 7) is 2.25. The molecule has 2 rings (SSSR count). The maximum absolute atomic E-state index is 9.45. The zero-order chi connectivity index (χ0) is 11.6. The average molecular weight is 219 g/mol. The Morgan fingerprint density at radius 2 is 2.25 bits per heavy atom. The number of phenolic OH excluding ortho intramolecular Hbond substituents is 1. The maximum atomic E-state index is 9.45. The van der Waals surface area contributed by atoms with Gasteiger partial charge in [-0.25, -0.2) is 0 Å². The normalized spacial score (nSPS) is 30.2. The predicted molar refractivity (Wildman–Crippen MR) is 66.4 cm³/mol. The third-order valence-corrected chi connectivity index (χ3v) is 3.95. The number of benzene rings is 1. The summed E-state index contributed by atoms with van der Waals surface area (Å²) in [5, 5.41) is 9.45. The van der Waals surface area contributed by atoms with Gasteiger partial charge < -0.3 is 10.8 Å². The molecule has 0 heterocycles. The molecule has 0 radical (unpaired) electrons. The standard InChI is InChI=1S/C14H21NO/c1-11-5-2-3-8-14(11,15)10-12-6-4-7-13(16)9-12/h4,6-7,9,11,16H,2-3,5,8,10,15H2,1H3. The van der Waals surface area contributed by atoms with Crippen molar-refractivity contribution in [2.75, 3.05) is 0 Å². The third kappa shape index (κ3) is 2.38. The van der Waals surface area contributed by atoms with E-state index in [-0.39, 0.29) is 5.54 Å². The molecule has 2 unspecified atom stereocenters. The molecule has 2 heteroatoms. The van der Waals surface area contributed by atoms with Crippen LogP contribution in [0.3, 0.4) is 0 Å². The van der Waals surface area contributed by atoms with Crippen molar-refractivity contribution in [3.8, 4) is 5.75 Å². The molecule has 2 nitrogen and oxygen atoms in total. The van der Waals surface area contributed by atoms with Gasteiger partial charge in [-0.3, -0.25) is 0 Å². The van der Waals surface area contributed by atoms with Crippen molar-refractivity contribution in [3.05, 3.63) is 29.8 Å². The molecule has 1 saturated carbocycles. The number of phenols is 1. The summed E-state index contributed by atoms with van der Waals surface area (Å²) >= 11 is 0. The Labute approximate surface area is 97.5 Å². The van der Waals surface area contributed by atoms with Crippen molar-refractivity contribution in [2.45, 2.75) is 44.6 Å². The monoisotopic (exact) mass is 219 g/mol. The molecule has 88 valence electrons. The lowest BCUT2D eigenvalue weighted by atomic mass is 9.71. The van der Waals surface area contributed by atoms with Crippen LogP contribution in [0.25, 0.3) is 0 Å². The number of hydrogen-bond donors (Lipinski definition) is 2. The van der Waals surface area contributed by atoms with Gasteiger partial charge in [-0.2, -0.15) is 0 Å². The van der Waals surface area contributed by atoms with Gasteiger partial charge in [0, 0.05) is 5.54 Å². The van der Waals surface area contributed by atoms with Crippen molar-refractivity contribution in [3.63, 3.8) is 0 Å². The van der Waals surface area contributed by atoms with Crippen LogP contribution >= 0.6 is 0 Å². The Morgan fingerprint density at radius 1 is 1.44 bits per heavy atom. The highest BCUT2D eigenvalue weighted by molar-refractivity contribution is 5.28. The van der Waals surface area contributed by atoms with Gasteiger partial charge in [0.05, 0.1) is 0 Å². The Hall–Kier alpha value is -1.02. The fraction of sp³-hybridized carbons (Fsp3) is 0.571. The van der Waals surface area contributed by atoms with E-state index in [1.807, 2.05) is 12.1 Å². The molecule has 0 aliphatic heterocycles. The van der Waals surface area contributed by atoms with E-state index in [4.69, 9.17) is 5.73 Å². The molecule has 16 heavy (non-hydrogen) atoms. The van der Waals surface area contributed by atoms with Crippen LogP contribution in [-0.4, -0.2) is 10.6 Å². The predicted octanol–water partition coefficient (Wildman–Crippen LogP) is 2.84. The van der Waals surface area contributed by atoms with Gasteiger partial charge >= 0.3 is 0 Å². The van der Waals surface area contributed by atoms with Crippen molar-refractivity contribution >= 4 is 0 Å². The zero-order valence-corrected chi connectivity index (χ0v) is 9.95. The second kappa shape index (κ2) is 4.46. The second-order valence-corrected chi connectivity index (χ2v) is 5.23. The van der Waals surface area contributed by atoms with Crippen LogP contribution in [-0.2, 0) is 6.42 Å². The van der Waals surface area contributed by atoms with E-state index in [1.165, 1.54) is 19.3 Å². The van der Waals surface area contributed by atoms with E-state index < -0.39 is 0 Å². The SMILES string of the molecule is CC1CCCCC1(N)Cc1cccc(O)c1. The largest absolute Gasteiger partial charge is 0.508 e. The third-order valence-electron chi connectivity index (χ3n) is 3.95. The fourth-order valence-corrected chi connectivity index (χ4v) is 2.75. The van der Waals surface area contributed by atoms with E-state index in [9.17, 15) is 5.11 Å². The lowest BCUT2D eigenvalue weighted by molar-refractivity contribution is 0.204. The van der Waals surface area contributed by atoms with Crippen molar-refractivity contribution in [1.82, 2.24) is 0 Å². The van der Waals surface area contributed by atoms with Crippen LogP contribution < -0.4 is 5.73 Å². The maximum Gasteiger partial charge on any atom is 0.115 e. The van der Waals surface area contributed by atoms with Gasteiger partial charge in [0.2, 0.25) is 0 Å². The quantitative estimate of drug-likeness (QED) is 0.803. The lowest BCUT2D eigenvalue weighted by Gasteiger charge is -2.39. The van der Waals surface area contributed by atoms with E-state index in [2.05, 4.69) is 13.0 Å². The molecule has 1 aliphatic carbocycles. The molecule has 3 N–H and O–H groups in total. The smallest absolute Gasteiger partial charge is 0.115 e. The van der Waals surface area contributed by atoms with Crippen LogP contribution in [0.15, 0.2) is 24.3 Å². The minimum atomic E-state index is -0.0773. The van der Waals surface area contributed by atoms with Gasteiger partial charge in [-0.05, 0) is 42.9 Å². The molecule has 0 bridgehead atoms. The number of hydrogen-bond acceptors (Lipinski definition) is 2. The number of aromatic hydroxyl groups is 1. The zero-order valence-electron chi connectivity index (χ0n) is 9.95. The fourth-order valence-electron chi connectivity index (χ4n) is 2.75. The van der Waals surface area contributed by atoms with Gasteiger partial charge in [0.15, 0.2) is 0 Å². The summed E-state index contributed by atoms with van der Waals surface area (Å²) < 4.78 is 0. The van der Waals surface area contributed by atoms with Gasteiger partial charge in [0.25, 0.3) is 0 Å². The second-order valence-electron chi connectivity index (χ2n) is 5.23. The van der Waals surface area contributed by atoms with E-state index in [0.29, 0.717) is 11.7 Å². The van der Waals surface area contributed by atoms with E-state index in [0.717, 1.165) is 18.4 Å². The first-order valence-electron chi connectivity index (χ1n) is 6.17. The molecule has 0 spiro atoms. The molecular formula is C14H21NO. The highest BCUT2D eigenvalue weighted by atomic mass is 16.3. The molecule has 1 aromatic rings. The van der Waals surface area contributed by atoms with Crippen molar-refractivity contribution < 1.29 is 5.11 Å².